The molecule has 0 amide bonds. The monoisotopic (exact) mass is 282 g/mol. The fourth-order valence-electron chi connectivity index (χ4n) is 0.672. The van der Waals surface area contributed by atoms with E-state index in [1.165, 1.54) is 6.92 Å². The van der Waals surface area contributed by atoms with Crippen molar-refractivity contribution in [3.63, 3.8) is 0 Å². The maximum absolute atomic E-state index is 10.2. The quantitative estimate of drug-likeness (QED) is 0.573. The second kappa shape index (κ2) is 12.3. The predicted octanol–water partition coefficient (Wildman–Crippen LogP) is 1.94. The molecule has 0 fully saturated rings. The van der Waals surface area contributed by atoms with E-state index >= 15 is 0 Å². The van der Waals surface area contributed by atoms with Gasteiger partial charge in [-0.05, 0) is 20.8 Å². The van der Waals surface area contributed by atoms with Crippen LogP contribution in [0.1, 0.15) is 20.8 Å². The first-order chi connectivity index (χ1) is 8.83. The SMILES string of the molecule is CC(COC(=O)O)OC(=O)O.CCOC(=O)OCC. The first-order valence-corrected chi connectivity index (χ1v) is 5.38. The van der Waals surface area contributed by atoms with Gasteiger partial charge in [0.25, 0.3) is 0 Å². The van der Waals surface area contributed by atoms with E-state index in [0.29, 0.717) is 13.2 Å². The van der Waals surface area contributed by atoms with Gasteiger partial charge in [0.05, 0.1) is 13.2 Å². The van der Waals surface area contributed by atoms with Gasteiger partial charge in [0, 0.05) is 0 Å². The summed E-state index contributed by atoms with van der Waals surface area (Å²) in [5.41, 5.74) is 0. The standard InChI is InChI=1S/C5H8O6.C5H10O3/c1-3(11-5(8)9)2-10-4(6)7;1-3-7-5(6)8-4-2/h3H,2H2,1H3,(H,6,7)(H,8,9);3-4H2,1-2H3. The number of carbonyl (C=O) groups is 3. The lowest BCUT2D eigenvalue weighted by atomic mass is 10.4. The molecular formula is C10H18O9. The lowest BCUT2D eigenvalue weighted by Gasteiger charge is -2.08. The lowest BCUT2D eigenvalue weighted by Crippen LogP contribution is -2.20. The van der Waals surface area contributed by atoms with Gasteiger partial charge in [-0.2, -0.15) is 0 Å². The highest BCUT2D eigenvalue weighted by Crippen LogP contribution is 1.92. The third-order valence-electron chi connectivity index (χ3n) is 1.27. The van der Waals surface area contributed by atoms with Crippen LogP contribution in [0.15, 0.2) is 0 Å². The van der Waals surface area contributed by atoms with Crippen LogP contribution >= 0.6 is 0 Å². The Morgan fingerprint density at radius 1 is 0.947 bits per heavy atom. The molecule has 0 spiro atoms. The van der Waals surface area contributed by atoms with Gasteiger partial charge in [-0.15, -0.1) is 0 Å². The summed E-state index contributed by atoms with van der Waals surface area (Å²) in [4.78, 5) is 29.8. The average molecular weight is 282 g/mol. The number of ether oxygens (including phenoxy) is 4. The third kappa shape index (κ3) is 18.4. The summed E-state index contributed by atoms with van der Waals surface area (Å²) in [6, 6.07) is 0. The summed E-state index contributed by atoms with van der Waals surface area (Å²) in [7, 11) is 0. The Labute approximate surface area is 110 Å². The molecule has 0 aliphatic heterocycles. The summed E-state index contributed by atoms with van der Waals surface area (Å²) >= 11 is 0. The molecule has 112 valence electrons. The Balaban J connectivity index is 0. The van der Waals surface area contributed by atoms with Gasteiger partial charge in [-0.3, -0.25) is 0 Å². The summed E-state index contributed by atoms with van der Waals surface area (Å²) in [5, 5.41) is 16.0. The van der Waals surface area contributed by atoms with Crippen molar-refractivity contribution in [1.29, 1.82) is 0 Å². The molecule has 19 heavy (non-hydrogen) atoms. The molecule has 0 aliphatic rings. The Hall–Kier alpha value is -2.19. The molecule has 0 heterocycles. The number of carboxylic acid groups (broad SMARTS) is 2. The molecule has 2 N–H and O–H groups in total. The van der Waals surface area contributed by atoms with Crippen molar-refractivity contribution >= 4 is 18.5 Å². The van der Waals surface area contributed by atoms with Crippen molar-refractivity contribution in [1.82, 2.24) is 0 Å². The van der Waals surface area contributed by atoms with Crippen molar-refractivity contribution in [3.8, 4) is 0 Å². The highest BCUT2D eigenvalue weighted by molar-refractivity contribution is 5.59. The molecule has 0 aromatic carbocycles. The van der Waals surface area contributed by atoms with Crippen LogP contribution in [0, 0.1) is 0 Å². The van der Waals surface area contributed by atoms with Crippen LogP contribution in [0.25, 0.3) is 0 Å². The second-order valence-corrected chi connectivity index (χ2v) is 2.89. The highest BCUT2D eigenvalue weighted by Gasteiger charge is 2.09. The molecule has 0 saturated heterocycles. The summed E-state index contributed by atoms with van der Waals surface area (Å²) in [5.74, 6) is 0. The zero-order valence-electron chi connectivity index (χ0n) is 11.0. The molecule has 0 radical (unpaired) electrons. The van der Waals surface area contributed by atoms with Crippen molar-refractivity contribution in [3.05, 3.63) is 0 Å². The fraction of sp³-hybridized carbons (Fsp3) is 0.700. The van der Waals surface area contributed by atoms with E-state index in [1.807, 2.05) is 0 Å². The van der Waals surface area contributed by atoms with E-state index in [-0.39, 0.29) is 6.61 Å². The van der Waals surface area contributed by atoms with Crippen LogP contribution in [0.2, 0.25) is 0 Å². The van der Waals surface area contributed by atoms with Crippen molar-refractivity contribution in [2.75, 3.05) is 19.8 Å². The minimum absolute atomic E-state index is 0.290. The van der Waals surface area contributed by atoms with E-state index in [1.54, 1.807) is 13.8 Å². The van der Waals surface area contributed by atoms with E-state index in [4.69, 9.17) is 10.2 Å². The zero-order chi connectivity index (χ0) is 15.3. The third-order valence-corrected chi connectivity index (χ3v) is 1.27. The minimum Gasteiger partial charge on any atom is -0.450 e. The number of rotatable bonds is 5. The number of carbonyl (C=O) groups excluding carboxylic acids is 1. The van der Waals surface area contributed by atoms with Crippen LogP contribution in [-0.2, 0) is 18.9 Å². The minimum atomic E-state index is -1.45. The van der Waals surface area contributed by atoms with Crippen LogP contribution in [0.4, 0.5) is 14.4 Å². The highest BCUT2D eigenvalue weighted by atomic mass is 16.7. The molecule has 0 rings (SSSR count). The molecule has 1 unspecified atom stereocenters. The lowest BCUT2D eigenvalue weighted by molar-refractivity contribution is 0.0122. The molecule has 0 aromatic rings. The molecule has 9 nitrogen and oxygen atoms in total. The Morgan fingerprint density at radius 2 is 1.42 bits per heavy atom. The van der Waals surface area contributed by atoms with Crippen LogP contribution in [0.5, 0.6) is 0 Å². The molecule has 1 atom stereocenters. The van der Waals surface area contributed by atoms with Crippen molar-refractivity contribution in [2.24, 2.45) is 0 Å². The van der Waals surface area contributed by atoms with Crippen molar-refractivity contribution < 1.29 is 43.5 Å². The average Bonchev–Trinajstić information content (AvgIpc) is 2.27. The Kier molecular flexibility index (Phi) is 12.4. The molecular weight excluding hydrogens is 264 g/mol. The largest absolute Gasteiger partial charge is 0.508 e. The Bertz CT molecular complexity index is 268. The Morgan fingerprint density at radius 3 is 1.74 bits per heavy atom. The van der Waals surface area contributed by atoms with E-state index < -0.39 is 24.6 Å². The van der Waals surface area contributed by atoms with Gasteiger partial charge in [-0.1, -0.05) is 0 Å². The zero-order valence-corrected chi connectivity index (χ0v) is 11.0. The smallest absolute Gasteiger partial charge is 0.450 e. The van der Waals surface area contributed by atoms with Crippen molar-refractivity contribution in [2.45, 2.75) is 26.9 Å². The maximum Gasteiger partial charge on any atom is 0.508 e. The summed E-state index contributed by atoms with van der Waals surface area (Å²) in [6.45, 7) is 5.31. The van der Waals surface area contributed by atoms with Crippen LogP contribution in [-0.4, -0.2) is 54.6 Å². The summed E-state index contributed by atoms with van der Waals surface area (Å²) < 4.78 is 17.0. The molecule has 0 aliphatic carbocycles. The molecule has 0 saturated carbocycles. The van der Waals surface area contributed by atoms with Gasteiger partial charge in [0.1, 0.15) is 12.7 Å². The predicted molar refractivity (Wildman–Crippen MR) is 61.2 cm³/mol. The van der Waals surface area contributed by atoms with Gasteiger partial charge in [-0.25, -0.2) is 14.4 Å². The van der Waals surface area contributed by atoms with E-state index in [9.17, 15) is 14.4 Å². The first kappa shape index (κ1) is 19.2. The van der Waals surface area contributed by atoms with Gasteiger partial charge < -0.3 is 29.2 Å². The van der Waals surface area contributed by atoms with E-state index in [0.717, 1.165) is 0 Å². The van der Waals surface area contributed by atoms with Gasteiger partial charge in [0.15, 0.2) is 0 Å². The second-order valence-electron chi connectivity index (χ2n) is 2.89. The van der Waals surface area contributed by atoms with Gasteiger partial charge >= 0.3 is 18.5 Å². The number of hydrogen-bond donors (Lipinski definition) is 2. The molecule has 0 aromatic heterocycles. The van der Waals surface area contributed by atoms with E-state index in [2.05, 4.69) is 18.9 Å². The maximum atomic E-state index is 10.2. The molecule has 0 bridgehead atoms. The van der Waals surface area contributed by atoms with Gasteiger partial charge in [0.2, 0.25) is 0 Å². The fourth-order valence-corrected chi connectivity index (χ4v) is 0.672. The number of hydrogen-bond acceptors (Lipinski definition) is 7. The van der Waals surface area contributed by atoms with Crippen LogP contribution < -0.4 is 0 Å². The molecule has 9 heteroatoms. The topological polar surface area (TPSA) is 129 Å². The summed E-state index contributed by atoms with van der Waals surface area (Å²) in [6.07, 6.45) is -4.27. The van der Waals surface area contributed by atoms with Crippen LogP contribution in [0.3, 0.4) is 0 Å². The normalized spacial score (nSPS) is 10.3. The first-order valence-electron chi connectivity index (χ1n) is 5.38.